The molecule has 7 atom stereocenters. The van der Waals surface area contributed by atoms with Gasteiger partial charge in [-0.05, 0) is 97.8 Å². The number of hydrogen-bond donors (Lipinski definition) is 4. The van der Waals surface area contributed by atoms with Gasteiger partial charge in [0.2, 0.25) is 5.91 Å². The van der Waals surface area contributed by atoms with Crippen molar-refractivity contribution in [1.29, 1.82) is 5.26 Å². The van der Waals surface area contributed by atoms with E-state index in [4.69, 9.17) is 9.47 Å². The number of nitrogens with zero attached hydrogens (tertiary/aromatic N) is 2. The molecule has 2 aliphatic carbocycles. The second-order valence-corrected chi connectivity index (χ2v) is 12.6. The molecule has 0 aromatic heterocycles. The number of hydrogen-bond acceptors (Lipinski definition) is 8. The average molecular weight is 547 g/mol. The van der Waals surface area contributed by atoms with Crippen LogP contribution in [0.15, 0.2) is 0 Å². The van der Waals surface area contributed by atoms with E-state index >= 15 is 0 Å². The van der Waals surface area contributed by atoms with Crippen LogP contribution < -0.4 is 21.3 Å². The molecule has 9 nitrogen and oxygen atoms in total. The van der Waals surface area contributed by atoms with Crippen LogP contribution in [-0.2, 0) is 14.3 Å². The highest BCUT2D eigenvalue weighted by Crippen LogP contribution is 2.36. The number of ether oxygens (including phenoxy) is 2. The SMILES string of the molecule is CCOC1CC2NCC(C#N)C(NC3CCC(OCC4CCCCN4)CC3)C2CC1NC(=O)CCCN(C)C. The summed E-state index contributed by atoms with van der Waals surface area (Å²) in [6, 6.07) is 3.94. The fourth-order valence-electron chi connectivity index (χ4n) is 7.27. The third-order valence-corrected chi connectivity index (χ3v) is 9.42. The molecule has 0 aromatic carbocycles. The third-order valence-electron chi connectivity index (χ3n) is 9.42. The molecule has 0 bridgehead atoms. The van der Waals surface area contributed by atoms with Crippen molar-refractivity contribution in [3.63, 3.8) is 0 Å². The molecule has 222 valence electrons. The molecule has 2 aliphatic heterocycles. The monoisotopic (exact) mass is 546 g/mol. The molecule has 0 radical (unpaired) electrons. The first-order valence-corrected chi connectivity index (χ1v) is 15.8. The van der Waals surface area contributed by atoms with Crippen LogP contribution in [0.4, 0.5) is 0 Å². The van der Waals surface area contributed by atoms with Gasteiger partial charge < -0.3 is 35.6 Å². The average Bonchev–Trinajstić information content (AvgIpc) is 2.94. The molecule has 4 fully saturated rings. The lowest BCUT2D eigenvalue weighted by Gasteiger charge is -2.50. The van der Waals surface area contributed by atoms with Crippen molar-refractivity contribution in [3.05, 3.63) is 0 Å². The van der Waals surface area contributed by atoms with Crippen molar-refractivity contribution in [2.45, 2.75) is 120 Å². The highest BCUT2D eigenvalue weighted by Gasteiger charge is 2.47. The summed E-state index contributed by atoms with van der Waals surface area (Å²) in [5.41, 5.74) is 0. The Bertz CT molecular complexity index is 777. The molecular formula is C30H54N6O3. The standard InChI is InChI=1S/C30H54N6O3/c1-4-38-28-17-26-25(16-27(28)35-29(37)9-7-15-36(2)3)30(21(18-31)19-33-26)34-22-10-12-24(13-11-22)39-20-23-8-5-6-14-32-23/h21-28,30,32-34H,4-17,19-20H2,1-3H3,(H,35,37). The lowest BCUT2D eigenvalue weighted by molar-refractivity contribution is -0.124. The highest BCUT2D eigenvalue weighted by molar-refractivity contribution is 5.76. The lowest BCUT2D eigenvalue weighted by Crippen LogP contribution is -2.66. The van der Waals surface area contributed by atoms with E-state index in [0.29, 0.717) is 49.7 Å². The lowest BCUT2D eigenvalue weighted by atomic mass is 9.69. The van der Waals surface area contributed by atoms with Gasteiger partial charge in [0.1, 0.15) is 0 Å². The zero-order valence-corrected chi connectivity index (χ0v) is 24.6. The van der Waals surface area contributed by atoms with Crippen molar-refractivity contribution in [2.24, 2.45) is 11.8 Å². The first kappa shape index (κ1) is 30.7. The van der Waals surface area contributed by atoms with E-state index in [1.807, 2.05) is 21.0 Å². The molecule has 2 saturated carbocycles. The Morgan fingerprint density at radius 1 is 1.08 bits per heavy atom. The highest BCUT2D eigenvalue weighted by atomic mass is 16.5. The third kappa shape index (κ3) is 9.11. The van der Waals surface area contributed by atoms with E-state index in [1.165, 1.54) is 19.3 Å². The number of rotatable bonds is 12. The second-order valence-electron chi connectivity index (χ2n) is 12.6. The molecule has 4 rings (SSSR count). The number of fused-ring (bicyclic) bond motifs is 1. The summed E-state index contributed by atoms with van der Waals surface area (Å²) in [6.07, 6.45) is 11.6. The molecule has 4 aliphatic rings. The van der Waals surface area contributed by atoms with Crippen LogP contribution >= 0.6 is 0 Å². The minimum absolute atomic E-state index is 0.00655. The summed E-state index contributed by atoms with van der Waals surface area (Å²) in [6.45, 7) is 6.23. The number of carbonyl (C=O) groups excluding carboxylic acids is 1. The van der Waals surface area contributed by atoms with Crippen molar-refractivity contribution in [1.82, 2.24) is 26.2 Å². The summed E-state index contributed by atoms with van der Waals surface area (Å²) in [7, 11) is 4.07. The quantitative estimate of drug-likeness (QED) is 0.295. The Hall–Kier alpha value is -1.28. The van der Waals surface area contributed by atoms with Gasteiger partial charge in [0, 0.05) is 43.7 Å². The Morgan fingerprint density at radius 3 is 2.59 bits per heavy atom. The van der Waals surface area contributed by atoms with E-state index in [9.17, 15) is 10.1 Å². The van der Waals surface area contributed by atoms with E-state index in [2.05, 4.69) is 32.2 Å². The van der Waals surface area contributed by atoms with Gasteiger partial charge in [0.15, 0.2) is 0 Å². The van der Waals surface area contributed by atoms with Gasteiger partial charge in [-0.3, -0.25) is 4.79 Å². The first-order chi connectivity index (χ1) is 19.0. The van der Waals surface area contributed by atoms with Crippen LogP contribution in [0.25, 0.3) is 0 Å². The topological polar surface area (TPSA) is 111 Å². The van der Waals surface area contributed by atoms with E-state index in [0.717, 1.165) is 64.6 Å². The van der Waals surface area contributed by atoms with E-state index in [1.54, 1.807) is 0 Å². The summed E-state index contributed by atoms with van der Waals surface area (Å²) < 4.78 is 12.4. The van der Waals surface area contributed by atoms with E-state index < -0.39 is 0 Å². The molecule has 0 aromatic rings. The van der Waals surface area contributed by atoms with Crippen LogP contribution in [-0.4, -0.2) is 100 Å². The molecule has 7 unspecified atom stereocenters. The molecule has 0 spiro atoms. The Labute approximate surface area is 236 Å². The van der Waals surface area contributed by atoms with Crippen molar-refractivity contribution in [2.75, 3.05) is 46.9 Å². The van der Waals surface area contributed by atoms with Gasteiger partial charge in [-0.1, -0.05) is 6.42 Å². The molecular weight excluding hydrogens is 492 g/mol. The number of nitrogens with one attached hydrogen (secondary N) is 4. The summed E-state index contributed by atoms with van der Waals surface area (Å²) in [5.74, 6) is 0.327. The van der Waals surface area contributed by atoms with E-state index in [-0.39, 0.29) is 30.0 Å². The molecule has 2 heterocycles. The van der Waals surface area contributed by atoms with Crippen LogP contribution in [0.3, 0.4) is 0 Å². The van der Waals surface area contributed by atoms with Gasteiger partial charge in [0.05, 0.1) is 36.8 Å². The minimum Gasteiger partial charge on any atom is -0.377 e. The normalized spacial score (nSPS) is 37.2. The fraction of sp³-hybridized carbons (Fsp3) is 0.933. The van der Waals surface area contributed by atoms with Crippen molar-refractivity contribution >= 4 is 5.91 Å². The zero-order chi connectivity index (χ0) is 27.6. The minimum atomic E-state index is -0.0716. The van der Waals surface area contributed by atoms with Crippen molar-refractivity contribution < 1.29 is 14.3 Å². The zero-order valence-electron chi connectivity index (χ0n) is 24.6. The summed E-state index contributed by atoms with van der Waals surface area (Å²) in [5, 5.41) is 24.6. The second kappa shape index (κ2) is 15.6. The van der Waals surface area contributed by atoms with Crippen molar-refractivity contribution in [3.8, 4) is 6.07 Å². The van der Waals surface area contributed by atoms with Gasteiger partial charge in [-0.25, -0.2) is 0 Å². The number of piperidine rings is 2. The summed E-state index contributed by atoms with van der Waals surface area (Å²) in [4.78, 5) is 14.9. The predicted molar refractivity (Wildman–Crippen MR) is 153 cm³/mol. The Kier molecular flexibility index (Phi) is 12.3. The largest absolute Gasteiger partial charge is 0.377 e. The van der Waals surface area contributed by atoms with Crippen LogP contribution in [0.5, 0.6) is 0 Å². The molecule has 9 heteroatoms. The number of nitriles is 1. The van der Waals surface area contributed by atoms with Gasteiger partial charge >= 0.3 is 0 Å². The summed E-state index contributed by atoms with van der Waals surface area (Å²) >= 11 is 0. The molecule has 4 N–H and O–H groups in total. The molecule has 2 saturated heterocycles. The van der Waals surface area contributed by atoms with Crippen LogP contribution in [0.1, 0.15) is 77.6 Å². The van der Waals surface area contributed by atoms with Gasteiger partial charge in [-0.15, -0.1) is 0 Å². The number of carbonyl (C=O) groups is 1. The maximum absolute atomic E-state index is 12.8. The Balaban J connectivity index is 1.31. The first-order valence-electron chi connectivity index (χ1n) is 15.8. The Morgan fingerprint density at radius 2 is 1.90 bits per heavy atom. The maximum atomic E-state index is 12.8. The molecule has 39 heavy (non-hydrogen) atoms. The van der Waals surface area contributed by atoms with Crippen LogP contribution in [0.2, 0.25) is 0 Å². The molecule has 1 amide bonds. The smallest absolute Gasteiger partial charge is 0.220 e. The van der Waals surface area contributed by atoms with Gasteiger partial charge in [-0.2, -0.15) is 5.26 Å². The van der Waals surface area contributed by atoms with Crippen LogP contribution in [0, 0.1) is 23.2 Å². The maximum Gasteiger partial charge on any atom is 0.220 e. The predicted octanol–water partition coefficient (Wildman–Crippen LogP) is 2.17. The fourth-order valence-corrected chi connectivity index (χ4v) is 7.27. The van der Waals surface area contributed by atoms with Gasteiger partial charge in [0.25, 0.3) is 0 Å². The number of amides is 1.